The standard InChI is InChI=1S/C26H26F7N3O3S/c1-4-36(5-2)11-12-38-20-10-9-17(27)14-19(20)24-35-22(25(28,29)30)21(40-24)23(37)34-15(3)16-7-6-8-18(13-16)39-26(31,32)33/h6-10,13-15H,4-5,11-12H2,1-3H3,(H,34,37). The highest BCUT2D eigenvalue weighted by molar-refractivity contribution is 7.17. The largest absolute Gasteiger partial charge is 0.573 e. The molecule has 0 bridgehead atoms. The lowest BCUT2D eigenvalue weighted by Crippen LogP contribution is -2.28. The monoisotopic (exact) mass is 593 g/mol. The van der Waals surface area contributed by atoms with Gasteiger partial charge in [-0.1, -0.05) is 26.0 Å². The summed E-state index contributed by atoms with van der Waals surface area (Å²) in [5, 5.41) is 2.06. The Kier molecular flexibility index (Phi) is 10.0. The highest BCUT2D eigenvalue weighted by Crippen LogP contribution is 2.41. The van der Waals surface area contributed by atoms with Gasteiger partial charge in [0.15, 0.2) is 5.69 Å². The number of hydrogen-bond donors (Lipinski definition) is 1. The number of nitrogens with zero attached hydrogens (tertiary/aromatic N) is 2. The normalized spacial score (nSPS) is 12.9. The molecular formula is C26H26F7N3O3S. The Labute approximate surface area is 229 Å². The van der Waals surface area contributed by atoms with Gasteiger partial charge in [0.05, 0.1) is 11.6 Å². The molecule has 1 atom stereocenters. The second-order valence-electron chi connectivity index (χ2n) is 8.53. The maximum atomic E-state index is 14.1. The van der Waals surface area contributed by atoms with E-state index in [4.69, 9.17) is 4.74 Å². The molecule has 0 spiro atoms. The summed E-state index contributed by atoms with van der Waals surface area (Å²) in [7, 11) is 0. The third-order valence-corrected chi connectivity index (χ3v) is 6.86. The zero-order valence-electron chi connectivity index (χ0n) is 21.6. The molecule has 1 heterocycles. The van der Waals surface area contributed by atoms with Crippen LogP contribution in [-0.2, 0) is 6.18 Å². The van der Waals surface area contributed by atoms with E-state index < -0.39 is 46.6 Å². The Hall–Kier alpha value is -3.39. The molecule has 3 rings (SSSR count). The first-order chi connectivity index (χ1) is 18.7. The van der Waals surface area contributed by atoms with Crippen LogP contribution in [0.1, 0.15) is 47.7 Å². The van der Waals surface area contributed by atoms with Gasteiger partial charge in [0.1, 0.15) is 33.8 Å². The van der Waals surface area contributed by atoms with Gasteiger partial charge in [0, 0.05) is 6.54 Å². The van der Waals surface area contributed by atoms with Gasteiger partial charge in [-0.2, -0.15) is 13.2 Å². The first-order valence-electron chi connectivity index (χ1n) is 12.1. The molecule has 1 amide bonds. The van der Waals surface area contributed by atoms with Crippen molar-refractivity contribution in [3.63, 3.8) is 0 Å². The maximum Gasteiger partial charge on any atom is 0.573 e. The number of carbonyl (C=O) groups excluding carboxylic acids is 1. The van der Waals surface area contributed by atoms with Crippen molar-refractivity contribution in [3.8, 4) is 22.1 Å². The van der Waals surface area contributed by atoms with Gasteiger partial charge < -0.3 is 19.7 Å². The SMILES string of the molecule is CCN(CC)CCOc1ccc(F)cc1-c1nc(C(F)(F)F)c(C(=O)NC(C)c2cccc(OC(F)(F)F)c2)s1. The summed E-state index contributed by atoms with van der Waals surface area (Å²) in [6, 6.07) is 7.03. The number of nitrogens with one attached hydrogen (secondary N) is 1. The number of amides is 1. The van der Waals surface area contributed by atoms with E-state index in [1.165, 1.54) is 25.1 Å². The Morgan fingerprint density at radius 3 is 2.40 bits per heavy atom. The number of benzene rings is 2. The van der Waals surface area contributed by atoms with Crippen molar-refractivity contribution in [1.82, 2.24) is 15.2 Å². The van der Waals surface area contributed by atoms with Gasteiger partial charge in [-0.25, -0.2) is 9.37 Å². The average Bonchev–Trinajstić information content (AvgIpc) is 3.33. The number of aromatic nitrogens is 1. The fourth-order valence-corrected chi connectivity index (χ4v) is 4.74. The van der Waals surface area contributed by atoms with E-state index in [1.807, 2.05) is 13.8 Å². The van der Waals surface area contributed by atoms with Crippen LogP contribution in [0.3, 0.4) is 0 Å². The first kappa shape index (κ1) is 31.1. The van der Waals surface area contributed by atoms with Gasteiger partial charge >= 0.3 is 12.5 Å². The lowest BCUT2D eigenvalue weighted by molar-refractivity contribution is -0.274. The Morgan fingerprint density at radius 1 is 1.07 bits per heavy atom. The lowest BCUT2D eigenvalue weighted by atomic mass is 10.1. The van der Waals surface area contributed by atoms with E-state index in [-0.39, 0.29) is 28.5 Å². The van der Waals surface area contributed by atoms with Crippen LogP contribution in [0.15, 0.2) is 42.5 Å². The molecule has 14 heteroatoms. The summed E-state index contributed by atoms with van der Waals surface area (Å²) in [5.74, 6) is -2.36. The molecule has 0 aliphatic heterocycles. The fraction of sp³-hybridized carbons (Fsp3) is 0.385. The number of ether oxygens (including phenoxy) is 2. The molecule has 0 saturated carbocycles. The van der Waals surface area contributed by atoms with Crippen molar-refractivity contribution >= 4 is 17.2 Å². The molecular weight excluding hydrogens is 567 g/mol. The van der Waals surface area contributed by atoms with Gasteiger partial charge in [-0.15, -0.1) is 24.5 Å². The van der Waals surface area contributed by atoms with Crippen LogP contribution in [0.2, 0.25) is 0 Å². The van der Waals surface area contributed by atoms with Crippen molar-refractivity contribution in [1.29, 1.82) is 0 Å². The van der Waals surface area contributed by atoms with Crippen molar-refractivity contribution in [2.24, 2.45) is 0 Å². The summed E-state index contributed by atoms with van der Waals surface area (Å²) in [6.07, 6.45) is -9.97. The summed E-state index contributed by atoms with van der Waals surface area (Å²) in [5.41, 5.74) is -1.38. The minimum Gasteiger partial charge on any atom is -0.492 e. The molecule has 40 heavy (non-hydrogen) atoms. The number of carbonyl (C=O) groups is 1. The zero-order valence-corrected chi connectivity index (χ0v) is 22.4. The van der Waals surface area contributed by atoms with Crippen LogP contribution in [0, 0.1) is 5.82 Å². The first-order valence-corrected chi connectivity index (χ1v) is 12.9. The van der Waals surface area contributed by atoms with Crippen molar-refractivity contribution < 1.29 is 45.0 Å². The van der Waals surface area contributed by atoms with Crippen LogP contribution >= 0.6 is 11.3 Å². The number of halogens is 7. The smallest absolute Gasteiger partial charge is 0.492 e. The number of alkyl halides is 6. The van der Waals surface area contributed by atoms with E-state index in [1.54, 1.807) is 0 Å². The third-order valence-electron chi connectivity index (χ3n) is 5.77. The number of rotatable bonds is 11. The predicted octanol–water partition coefficient (Wildman–Crippen LogP) is 7.08. The predicted molar refractivity (Wildman–Crippen MR) is 135 cm³/mol. The van der Waals surface area contributed by atoms with Crippen molar-refractivity contribution in [3.05, 3.63) is 64.4 Å². The Bertz CT molecular complexity index is 1310. The molecule has 0 fully saturated rings. The molecule has 1 N–H and O–H groups in total. The second kappa shape index (κ2) is 12.9. The summed E-state index contributed by atoms with van der Waals surface area (Å²) < 4.78 is 103. The van der Waals surface area contributed by atoms with Crippen molar-refractivity contribution in [2.45, 2.75) is 39.4 Å². The van der Waals surface area contributed by atoms with E-state index in [2.05, 4.69) is 19.9 Å². The van der Waals surface area contributed by atoms with Crippen LogP contribution in [0.5, 0.6) is 11.5 Å². The quantitative estimate of drug-likeness (QED) is 0.241. The summed E-state index contributed by atoms with van der Waals surface area (Å²) >= 11 is 0.394. The molecule has 0 aliphatic carbocycles. The molecule has 1 aromatic heterocycles. The topological polar surface area (TPSA) is 63.7 Å². The number of thiazole rings is 1. The maximum absolute atomic E-state index is 14.1. The molecule has 218 valence electrons. The van der Waals surface area contributed by atoms with Crippen LogP contribution in [-0.4, -0.2) is 48.4 Å². The van der Waals surface area contributed by atoms with E-state index >= 15 is 0 Å². The van der Waals surface area contributed by atoms with Crippen LogP contribution in [0.25, 0.3) is 10.6 Å². The molecule has 0 saturated heterocycles. The minimum absolute atomic E-state index is 0.0563. The molecule has 0 radical (unpaired) electrons. The average molecular weight is 594 g/mol. The molecule has 1 unspecified atom stereocenters. The highest BCUT2D eigenvalue weighted by Gasteiger charge is 2.40. The summed E-state index contributed by atoms with van der Waals surface area (Å²) in [4.78, 5) is 17.8. The Balaban J connectivity index is 1.90. The van der Waals surface area contributed by atoms with E-state index in [0.29, 0.717) is 17.9 Å². The lowest BCUT2D eigenvalue weighted by Gasteiger charge is -2.18. The molecule has 0 aliphatic rings. The fourth-order valence-electron chi connectivity index (χ4n) is 3.73. The molecule has 3 aromatic rings. The van der Waals surface area contributed by atoms with Gasteiger partial charge in [-0.05, 0) is 55.9 Å². The molecule has 6 nitrogen and oxygen atoms in total. The van der Waals surface area contributed by atoms with Crippen molar-refractivity contribution in [2.75, 3.05) is 26.2 Å². The summed E-state index contributed by atoms with van der Waals surface area (Å²) in [6.45, 7) is 7.52. The zero-order chi connectivity index (χ0) is 29.7. The Morgan fingerprint density at radius 2 is 1.77 bits per heavy atom. The highest BCUT2D eigenvalue weighted by atomic mass is 32.1. The van der Waals surface area contributed by atoms with Gasteiger partial charge in [-0.3, -0.25) is 4.79 Å². The van der Waals surface area contributed by atoms with Crippen LogP contribution < -0.4 is 14.8 Å². The second-order valence-corrected chi connectivity index (χ2v) is 9.52. The van der Waals surface area contributed by atoms with Gasteiger partial charge in [0.25, 0.3) is 5.91 Å². The molecule has 2 aromatic carbocycles. The van der Waals surface area contributed by atoms with Gasteiger partial charge in [0.2, 0.25) is 0 Å². The number of likely N-dealkylation sites (N-methyl/N-ethyl adjacent to an activating group) is 1. The van der Waals surface area contributed by atoms with E-state index in [9.17, 15) is 35.5 Å². The number of hydrogen-bond acceptors (Lipinski definition) is 6. The van der Waals surface area contributed by atoms with Crippen LogP contribution in [0.4, 0.5) is 30.7 Å². The van der Waals surface area contributed by atoms with E-state index in [0.717, 1.165) is 37.4 Å². The third kappa shape index (κ3) is 8.31. The minimum atomic E-state index is -5.03.